The maximum Gasteiger partial charge on any atom is 0.441 e. The predicted octanol–water partition coefficient (Wildman–Crippen LogP) is 0.278. The number of hydrogen-bond acceptors (Lipinski definition) is 3. The average molecular weight is 216 g/mol. The van der Waals surface area contributed by atoms with Crippen LogP contribution in [0.4, 0.5) is 13.2 Å². The van der Waals surface area contributed by atoms with Gasteiger partial charge in [0.15, 0.2) is 0 Å². The van der Waals surface area contributed by atoms with Crippen LogP contribution in [-0.2, 0) is 0 Å². The zero-order chi connectivity index (χ0) is 10.3. The Hall–Kier alpha value is -0.630. The Morgan fingerprint density at radius 1 is 1.54 bits per heavy atom. The third kappa shape index (κ3) is 7.72. The lowest BCUT2D eigenvalue weighted by atomic mass is 10.7. The largest absolute Gasteiger partial charge is 0.441 e. The van der Waals surface area contributed by atoms with Crippen LogP contribution in [-0.4, -0.2) is 30.8 Å². The van der Waals surface area contributed by atoms with Crippen LogP contribution in [0.3, 0.4) is 0 Å². The van der Waals surface area contributed by atoms with Crippen LogP contribution >= 0.6 is 11.8 Å². The molecule has 0 fully saturated rings. The molecule has 0 rings (SSSR count). The molecule has 0 amide bonds. The summed E-state index contributed by atoms with van der Waals surface area (Å²) in [5.41, 5.74) is -1.98. The summed E-state index contributed by atoms with van der Waals surface area (Å²) in [7, 11) is 1.47. The normalized spacial score (nSPS) is 12.8. The van der Waals surface area contributed by atoms with Crippen LogP contribution in [0.5, 0.6) is 0 Å². The van der Waals surface area contributed by atoms with Gasteiger partial charge >= 0.3 is 5.51 Å². The fraction of sp³-hybridized carbons (Fsp3) is 0.800. The van der Waals surface area contributed by atoms with E-state index in [0.29, 0.717) is 0 Å². The van der Waals surface area contributed by atoms with Gasteiger partial charge in [0, 0.05) is 19.3 Å². The second kappa shape index (κ2) is 5.92. The Bertz CT molecular complexity index is 170. The van der Waals surface area contributed by atoms with Gasteiger partial charge in [0.05, 0.1) is 0 Å². The van der Waals surface area contributed by atoms with Gasteiger partial charge in [-0.05, 0) is 11.8 Å². The Labute approximate surface area is 78.1 Å². The van der Waals surface area contributed by atoms with Gasteiger partial charge in [0.1, 0.15) is 0 Å². The van der Waals surface area contributed by atoms with E-state index in [1.807, 2.05) is 0 Å². The first-order valence-corrected chi connectivity index (χ1v) is 4.36. The Kier molecular flexibility index (Phi) is 5.63. The number of nitrogens with zero attached hydrogens (tertiary/aromatic N) is 1. The number of hydrogen-bond donors (Lipinski definition) is 3. The van der Waals surface area contributed by atoms with Crippen LogP contribution < -0.4 is 16.6 Å². The summed E-state index contributed by atoms with van der Waals surface area (Å²) in [4.78, 5) is 3.62. The Morgan fingerprint density at radius 2 is 2.15 bits per heavy atom. The lowest BCUT2D eigenvalue weighted by Gasteiger charge is -2.08. The minimum absolute atomic E-state index is 0.0792. The van der Waals surface area contributed by atoms with E-state index in [0.717, 1.165) is 0 Å². The van der Waals surface area contributed by atoms with E-state index in [1.54, 1.807) is 0 Å². The summed E-state index contributed by atoms with van der Waals surface area (Å²) in [5, 5.41) is 2.58. The SMILES string of the molecule is CN=C(NN)NCCSC(F)(F)F. The molecular weight excluding hydrogens is 205 g/mol. The van der Waals surface area contributed by atoms with Crippen molar-refractivity contribution >= 4 is 17.7 Å². The molecule has 0 heterocycles. The lowest BCUT2D eigenvalue weighted by molar-refractivity contribution is -0.0327. The van der Waals surface area contributed by atoms with Crippen molar-refractivity contribution in [2.75, 3.05) is 19.3 Å². The summed E-state index contributed by atoms with van der Waals surface area (Å²) in [6.07, 6.45) is 0. The summed E-state index contributed by atoms with van der Waals surface area (Å²) >= 11 is -0.0896. The number of aliphatic imine (C=N–C) groups is 1. The van der Waals surface area contributed by atoms with Gasteiger partial charge in [0.25, 0.3) is 0 Å². The molecule has 8 heteroatoms. The molecule has 0 unspecified atom stereocenters. The number of guanidine groups is 1. The van der Waals surface area contributed by atoms with Crippen LogP contribution in [0.1, 0.15) is 0 Å². The van der Waals surface area contributed by atoms with Crippen molar-refractivity contribution in [1.82, 2.24) is 10.7 Å². The molecule has 0 spiro atoms. The highest BCUT2D eigenvalue weighted by Gasteiger charge is 2.27. The molecule has 4 nitrogen and oxygen atoms in total. The van der Waals surface area contributed by atoms with Crippen molar-refractivity contribution in [3.8, 4) is 0 Å². The van der Waals surface area contributed by atoms with Gasteiger partial charge in [-0.2, -0.15) is 13.2 Å². The van der Waals surface area contributed by atoms with E-state index in [2.05, 4.69) is 15.7 Å². The van der Waals surface area contributed by atoms with E-state index in [4.69, 9.17) is 5.84 Å². The summed E-state index contributed by atoms with van der Waals surface area (Å²) in [6.45, 7) is 0.154. The Morgan fingerprint density at radius 3 is 2.54 bits per heavy atom. The summed E-state index contributed by atoms with van der Waals surface area (Å²) in [5.74, 6) is 5.17. The molecule has 0 aromatic rings. The van der Waals surface area contributed by atoms with E-state index in [-0.39, 0.29) is 30.0 Å². The number of alkyl halides is 3. The van der Waals surface area contributed by atoms with Crippen molar-refractivity contribution in [1.29, 1.82) is 0 Å². The van der Waals surface area contributed by atoms with Crippen LogP contribution in [0.25, 0.3) is 0 Å². The van der Waals surface area contributed by atoms with E-state index in [1.165, 1.54) is 7.05 Å². The van der Waals surface area contributed by atoms with Crippen molar-refractivity contribution in [3.63, 3.8) is 0 Å². The van der Waals surface area contributed by atoms with E-state index in [9.17, 15) is 13.2 Å². The molecule has 78 valence electrons. The van der Waals surface area contributed by atoms with Crippen LogP contribution in [0, 0.1) is 0 Å². The van der Waals surface area contributed by atoms with Crippen molar-refractivity contribution in [2.45, 2.75) is 5.51 Å². The number of halogens is 3. The topological polar surface area (TPSA) is 62.4 Å². The molecule has 0 atom stereocenters. The standard InChI is InChI=1S/C5H11F3N4S/c1-10-4(12-9)11-2-3-13-5(6,7)8/h2-3,9H2,1H3,(H2,10,11,12). The summed E-state index contributed by atoms with van der Waals surface area (Å²) in [6, 6.07) is 0. The lowest BCUT2D eigenvalue weighted by Crippen LogP contribution is -2.42. The highest BCUT2D eigenvalue weighted by Crippen LogP contribution is 2.29. The second-order valence-electron chi connectivity index (χ2n) is 1.94. The van der Waals surface area contributed by atoms with Crippen molar-refractivity contribution < 1.29 is 13.2 Å². The predicted molar refractivity (Wildman–Crippen MR) is 47.2 cm³/mol. The monoisotopic (exact) mass is 216 g/mol. The van der Waals surface area contributed by atoms with Crippen LogP contribution in [0.15, 0.2) is 4.99 Å². The molecule has 13 heavy (non-hydrogen) atoms. The highest BCUT2D eigenvalue weighted by atomic mass is 32.2. The fourth-order valence-electron chi connectivity index (χ4n) is 0.531. The molecule has 0 bridgehead atoms. The van der Waals surface area contributed by atoms with Gasteiger partial charge in [0.2, 0.25) is 5.96 Å². The molecular formula is C5H11F3N4S. The molecule has 0 radical (unpaired) electrons. The molecule has 0 saturated carbocycles. The van der Waals surface area contributed by atoms with Crippen molar-refractivity contribution in [3.05, 3.63) is 0 Å². The van der Waals surface area contributed by atoms with Gasteiger partial charge in [-0.15, -0.1) is 0 Å². The van der Waals surface area contributed by atoms with Gasteiger partial charge in [-0.3, -0.25) is 10.4 Å². The molecule has 0 aliphatic carbocycles. The minimum atomic E-state index is -4.18. The maximum atomic E-state index is 11.6. The third-order valence-corrected chi connectivity index (χ3v) is 1.76. The smallest absolute Gasteiger partial charge is 0.355 e. The fourth-order valence-corrected chi connectivity index (χ4v) is 0.966. The zero-order valence-electron chi connectivity index (χ0n) is 6.98. The van der Waals surface area contributed by atoms with E-state index < -0.39 is 5.51 Å². The number of thioether (sulfide) groups is 1. The molecule has 0 saturated heterocycles. The van der Waals surface area contributed by atoms with Gasteiger partial charge < -0.3 is 5.32 Å². The first-order valence-electron chi connectivity index (χ1n) is 3.37. The van der Waals surface area contributed by atoms with Gasteiger partial charge in [-0.1, -0.05) is 0 Å². The molecule has 0 aliphatic rings. The Balaban J connectivity index is 3.46. The number of nitrogens with one attached hydrogen (secondary N) is 2. The van der Waals surface area contributed by atoms with Crippen molar-refractivity contribution in [2.24, 2.45) is 10.8 Å². The highest BCUT2D eigenvalue weighted by molar-refractivity contribution is 8.00. The third-order valence-electron chi connectivity index (χ3n) is 1.02. The summed E-state index contributed by atoms with van der Waals surface area (Å²) < 4.78 is 34.8. The molecule has 0 aliphatic heterocycles. The number of nitrogens with two attached hydrogens (primary N) is 1. The zero-order valence-corrected chi connectivity index (χ0v) is 7.80. The number of rotatable bonds is 3. The van der Waals surface area contributed by atoms with Gasteiger partial charge in [-0.25, -0.2) is 5.84 Å². The maximum absolute atomic E-state index is 11.6. The molecule has 0 aromatic heterocycles. The second-order valence-corrected chi connectivity index (χ2v) is 3.10. The van der Waals surface area contributed by atoms with Crippen LogP contribution in [0.2, 0.25) is 0 Å². The molecule has 4 N–H and O–H groups in total. The minimum Gasteiger partial charge on any atom is -0.355 e. The first kappa shape index (κ1) is 12.4. The number of hydrazine groups is 1. The van der Waals surface area contributed by atoms with E-state index >= 15 is 0 Å². The first-order chi connectivity index (χ1) is 5.99. The quantitative estimate of drug-likeness (QED) is 0.208. The average Bonchev–Trinajstić information content (AvgIpc) is 2.03. The molecule has 0 aromatic carbocycles.